The van der Waals surface area contributed by atoms with Crippen molar-refractivity contribution < 1.29 is 14.4 Å². The highest BCUT2D eigenvalue weighted by molar-refractivity contribution is 5.98. The van der Waals surface area contributed by atoms with E-state index in [1.54, 1.807) is 4.90 Å². The number of fused-ring (bicyclic) bond motifs is 1. The summed E-state index contributed by atoms with van der Waals surface area (Å²) in [6.45, 7) is 5.80. The summed E-state index contributed by atoms with van der Waals surface area (Å²) in [6, 6.07) is 6.79. The zero-order chi connectivity index (χ0) is 20.3. The number of piperazine rings is 1. The first-order valence-corrected chi connectivity index (χ1v) is 10.4. The number of hydrogen-bond donors (Lipinski definition) is 2. The van der Waals surface area contributed by atoms with E-state index >= 15 is 0 Å². The highest BCUT2D eigenvalue weighted by Gasteiger charge is 2.46. The van der Waals surface area contributed by atoms with Gasteiger partial charge in [0.05, 0.1) is 12.5 Å². The smallest absolute Gasteiger partial charge is 0.243 e. The molecule has 0 unspecified atom stereocenters. The molecule has 152 valence electrons. The van der Waals surface area contributed by atoms with Crippen molar-refractivity contribution >= 4 is 23.4 Å². The fourth-order valence-electron chi connectivity index (χ4n) is 4.28. The predicted octanol–water partition coefficient (Wildman–Crippen LogP) is 3.01. The average molecular weight is 386 g/mol. The normalized spacial score (nSPS) is 25.5. The number of aryl methyl sites for hydroxylation is 1. The summed E-state index contributed by atoms with van der Waals surface area (Å²) in [6.07, 6.45) is 4.57. The van der Waals surface area contributed by atoms with Crippen LogP contribution in [0.4, 0.5) is 5.69 Å². The van der Waals surface area contributed by atoms with E-state index in [2.05, 4.69) is 10.6 Å². The monoisotopic (exact) mass is 385 g/mol. The van der Waals surface area contributed by atoms with Gasteiger partial charge in [-0.15, -0.1) is 0 Å². The maximum atomic E-state index is 13.1. The lowest BCUT2D eigenvalue weighted by atomic mass is 9.84. The molecule has 1 aliphatic heterocycles. The van der Waals surface area contributed by atoms with Gasteiger partial charge in [0.15, 0.2) is 0 Å². The number of benzene rings is 1. The molecule has 0 spiro atoms. The molecule has 2 fully saturated rings. The van der Waals surface area contributed by atoms with Crippen LogP contribution < -0.4 is 10.6 Å². The maximum Gasteiger partial charge on any atom is 0.243 e. The van der Waals surface area contributed by atoms with Gasteiger partial charge in [-0.3, -0.25) is 14.4 Å². The number of amides is 3. The second-order valence-corrected chi connectivity index (χ2v) is 8.10. The molecule has 6 nitrogen and oxygen atoms in total. The Balaban J connectivity index is 1.81. The number of carbonyl (C=O) groups is 3. The van der Waals surface area contributed by atoms with Crippen LogP contribution in [0.3, 0.4) is 0 Å². The van der Waals surface area contributed by atoms with Gasteiger partial charge >= 0.3 is 0 Å². The quantitative estimate of drug-likeness (QED) is 0.818. The van der Waals surface area contributed by atoms with Crippen LogP contribution in [-0.4, -0.2) is 40.7 Å². The number of nitrogens with zero attached hydrogens (tertiary/aromatic N) is 1. The Morgan fingerprint density at radius 3 is 2.68 bits per heavy atom. The summed E-state index contributed by atoms with van der Waals surface area (Å²) in [5, 5.41) is 5.97. The topological polar surface area (TPSA) is 78.5 Å². The molecule has 4 atom stereocenters. The molecular formula is C22H31N3O3. The molecule has 0 bridgehead atoms. The van der Waals surface area contributed by atoms with Crippen LogP contribution in [0, 0.1) is 12.8 Å². The summed E-state index contributed by atoms with van der Waals surface area (Å²) in [5.74, 6) is -0.622. The number of para-hydroxylation sites is 1. The molecule has 0 radical (unpaired) electrons. The molecule has 1 aromatic rings. The standard InChI is InChI=1S/C22H31N3O3/c1-4-14(2)22(28)25-18-12-8-7-11-17(18)24-21(27)19(25)13-20(26)23-16-10-6-5-9-15(16)3/h5-6,9-10,14,17-19H,4,7-8,11-13H2,1-3H3,(H,23,26)(H,24,27)/t14-,17-,18-,19+/m0/s1. The van der Waals surface area contributed by atoms with Gasteiger partial charge in [-0.1, -0.05) is 44.9 Å². The number of carbonyl (C=O) groups excluding carboxylic acids is 3. The highest BCUT2D eigenvalue weighted by atomic mass is 16.2. The van der Waals surface area contributed by atoms with Crippen molar-refractivity contribution in [3.63, 3.8) is 0 Å². The minimum absolute atomic E-state index is 0.00457. The molecular weight excluding hydrogens is 354 g/mol. The van der Waals surface area contributed by atoms with E-state index in [-0.39, 0.29) is 42.1 Å². The fraction of sp³-hybridized carbons (Fsp3) is 0.591. The Morgan fingerprint density at radius 2 is 1.96 bits per heavy atom. The lowest BCUT2D eigenvalue weighted by molar-refractivity contribution is -0.154. The predicted molar refractivity (Wildman–Crippen MR) is 109 cm³/mol. The molecule has 1 aromatic carbocycles. The Kier molecular flexibility index (Phi) is 6.37. The van der Waals surface area contributed by atoms with Crippen molar-refractivity contribution in [2.45, 2.75) is 77.4 Å². The van der Waals surface area contributed by atoms with Crippen molar-refractivity contribution in [2.24, 2.45) is 5.92 Å². The summed E-state index contributed by atoms with van der Waals surface area (Å²) in [7, 11) is 0. The zero-order valence-electron chi connectivity index (χ0n) is 17.0. The molecule has 1 saturated heterocycles. The first-order chi connectivity index (χ1) is 13.4. The Labute approximate surface area is 167 Å². The lowest BCUT2D eigenvalue weighted by Crippen LogP contribution is -2.68. The van der Waals surface area contributed by atoms with Gasteiger partial charge < -0.3 is 15.5 Å². The molecule has 0 aromatic heterocycles. The Morgan fingerprint density at radius 1 is 1.25 bits per heavy atom. The van der Waals surface area contributed by atoms with Crippen LogP contribution in [-0.2, 0) is 14.4 Å². The zero-order valence-corrected chi connectivity index (χ0v) is 17.0. The minimum Gasteiger partial charge on any atom is -0.349 e. The third kappa shape index (κ3) is 4.21. The van der Waals surface area contributed by atoms with Gasteiger partial charge in [0.1, 0.15) is 6.04 Å². The van der Waals surface area contributed by atoms with Crippen molar-refractivity contribution in [2.75, 3.05) is 5.32 Å². The molecule has 2 aliphatic rings. The van der Waals surface area contributed by atoms with E-state index in [1.807, 2.05) is 45.0 Å². The molecule has 3 rings (SSSR count). The molecule has 2 N–H and O–H groups in total. The highest BCUT2D eigenvalue weighted by Crippen LogP contribution is 2.31. The van der Waals surface area contributed by atoms with Gasteiger partial charge in [-0.25, -0.2) is 0 Å². The SMILES string of the molecule is CC[C@H](C)C(=O)N1[C@H](CC(=O)Nc2ccccc2C)C(=O)N[C@H]2CCCC[C@@H]21. The summed E-state index contributed by atoms with van der Waals surface area (Å²) >= 11 is 0. The summed E-state index contributed by atoms with van der Waals surface area (Å²) < 4.78 is 0. The van der Waals surface area contributed by atoms with E-state index in [9.17, 15) is 14.4 Å². The lowest BCUT2D eigenvalue weighted by Gasteiger charge is -2.48. The van der Waals surface area contributed by atoms with Crippen molar-refractivity contribution in [3.05, 3.63) is 29.8 Å². The number of rotatable bonds is 5. The second kappa shape index (κ2) is 8.76. The Bertz CT molecular complexity index is 748. The Hall–Kier alpha value is -2.37. The number of hydrogen-bond acceptors (Lipinski definition) is 3. The maximum absolute atomic E-state index is 13.1. The van der Waals surface area contributed by atoms with E-state index in [4.69, 9.17) is 0 Å². The third-order valence-electron chi connectivity index (χ3n) is 6.14. The summed E-state index contributed by atoms with van der Waals surface area (Å²) in [5.41, 5.74) is 1.70. The van der Waals surface area contributed by atoms with Gasteiger partial charge in [-0.2, -0.15) is 0 Å². The van der Waals surface area contributed by atoms with Gasteiger partial charge in [0.2, 0.25) is 17.7 Å². The van der Waals surface area contributed by atoms with E-state index in [0.717, 1.165) is 43.4 Å². The molecule has 3 amide bonds. The molecule has 6 heteroatoms. The van der Waals surface area contributed by atoms with Crippen LogP contribution >= 0.6 is 0 Å². The van der Waals surface area contributed by atoms with Gasteiger partial charge in [-0.05, 0) is 37.8 Å². The molecule has 1 saturated carbocycles. The molecule has 28 heavy (non-hydrogen) atoms. The molecule has 1 aliphatic carbocycles. The van der Waals surface area contributed by atoms with E-state index in [0.29, 0.717) is 0 Å². The average Bonchev–Trinajstić information content (AvgIpc) is 2.69. The first-order valence-electron chi connectivity index (χ1n) is 10.4. The van der Waals surface area contributed by atoms with Crippen molar-refractivity contribution in [1.29, 1.82) is 0 Å². The van der Waals surface area contributed by atoms with E-state index < -0.39 is 6.04 Å². The first kappa shape index (κ1) is 20.4. The van der Waals surface area contributed by atoms with Crippen LogP contribution in [0.1, 0.15) is 57.9 Å². The largest absolute Gasteiger partial charge is 0.349 e. The van der Waals surface area contributed by atoms with Crippen LogP contribution in [0.5, 0.6) is 0 Å². The third-order valence-corrected chi connectivity index (χ3v) is 6.14. The van der Waals surface area contributed by atoms with Crippen molar-refractivity contribution in [3.8, 4) is 0 Å². The van der Waals surface area contributed by atoms with Crippen LogP contribution in [0.2, 0.25) is 0 Å². The summed E-state index contributed by atoms with van der Waals surface area (Å²) in [4.78, 5) is 40.5. The minimum atomic E-state index is -0.745. The number of anilines is 1. The number of nitrogens with one attached hydrogen (secondary N) is 2. The van der Waals surface area contributed by atoms with Gasteiger partial charge in [0.25, 0.3) is 0 Å². The van der Waals surface area contributed by atoms with Crippen molar-refractivity contribution in [1.82, 2.24) is 10.2 Å². The second-order valence-electron chi connectivity index (χ2n) is 8.10. The fourth-order valence-corrected chi connectivity index (χ4v) is 4.28. The van der Waals surface area contributed by atoms with E-state index in [1.165, 1.54) is 0 Å². The van der Waals surface area contributed by atoms with Gasteiger partial charge in [0, 0.05) is 17.6 Å². The van der Waals surface area contributed by atoms with Crippen LogP contribution in [0.15, 0.2) is 24.3 Å². The molecule has 1 heterocycles. The van der Waals surface area contributed by atoms with Crippen LogP contribution in [0.25, 0.3) is 0 Å².